The van der Waals surface area contributed by atoms with Crippen LogP contribution in [0, 0.1) is 13.8 Å². The van der Waals surface area contributed by atoms with Crippen molar-refractivity contribution in [1.29, 1.82) is 0 Å². The summed E-state index contributed by atoms with van der Waals surface area (Å²) in [6.45, 7) is 11.7. The number of hydrogen-bond acceptors (Lipinski definition) is 5. The van der Waals surface area contributed by atoms with Gasteiger partial charge in [0, 0.05) is 5.56 Å². The number of phenolic OH excluding ortho intramolecular Hbond substituents is 1. The number of nitrogens with one attached hydrogen (secondary N) is 2. The van der Waals surface area contributed by atoms with E-state index in [1.807, 2.05) is 46.8 Å². The Morgan fingerprint density at radius 2 is 1.19 bits per heavy atom. The Kier molecular flexibility index (Phi) is 15.0. The molecule has 5 N–H and O–H groups in total. The van der Waals surface area contributed by atoms with E-state index in [1.165, 1.54) is 17.6 Å². The molecule has 0 aliphatic carbocycles. The Balaban J connectivity index is 0. The van der Waals surface area contributed by atoms with E-state index < -0.39 is 11.8 Å². The third kappa shape index (κ3) is 9.98. The lowest BCUT2D eigenvalue weighted by Gasteiger charge is -2.02. The molecule has 0 aliphatic rings. The monoisotopic (exact) mass is 378 g/mol. The van der Waals surface area contributed by atoms with Gasteiger partial charge in [0.25, 0.3) is 11.8 Å². The van der Waals surface area contributed by atoms with Crippen LogP contribution in [0.2, 0.25) is 0 Å². The summed E-state index contributed by atoms with van der Waals surface area (Å²) in [7, 11) is 0. The summed E-state index contributed by atoms with van der Waals surface area (Å²) >= 11 is 0. The topological polar surface area (TPSA) is 119 Å². The van der Waals surface area contributed by atoms with E-state index in [2.05, 4.69) is 0 Å². The highest BCUT2D eigenvalue weighted by atomic mass is 16.5. The van der Waals surface area contributed by atoms with E-state index in [0.29, 0.717) is 5.56 Å². The summed E-state index contributed by atoms with van der Waals surface area (Å²) in [5, 5.41) is 25.8. The summed E-state index contributed by atoms with van der Waals surface area (Å²) in [5.74, 6) is -1.33. The van der Waals surface area contributed by atoms with Crippen molar-refractivity contribution in [3.8, 4) is 5.75 Å². The van der Waals surface area contributed by atoms with Crippen molar-refractivity contribution < 1.29 is 25.1 Å². The number of amides is 2. The molecule has 0 atom stereocenters. The first-order chi connectivity index (χ1) is 12.9. The molecule has 0 fully saturated rings. The van der Waals surface area contributed by atoms with Gasteiger partial charge in [-0.25, -0.2) is 11.0 Å². The van der Waals surface area contributed by atoms with Crippen LogP contribution in [-0.2, 0) is 0 Å². The third-order valence-corrected chi connectivity index (χ3v) is 2.91. The minimum atomic E-state index is -0.715. The maximum Gasteiger partial charge on any atom is 0.278 e. The highest BCUT2D eigenvalue weighted by Crippen LogP contribution is 2.17. The van der Waals surface area contributed by atoms with Crippen LogP contribution in [0.3, 0.4) is 0 Å². The number of phenols is 1. The number of aryl methyl sites for hydroxylation is 2. The van der Waals surface area contributed by atoms with Crippen molar-refractivity contribution in [2.75, 3.05) is 0 Å². The van der Waals surface area contributed by atoms with Gasteiger partial charge in [0.1, 0.15) is 5.75 Å². The molecule has 27 heavy (non-hydrogen) atoms. The standard InChI is InChI=1S/C8H9NO3.C8H9NO2.2C2H6/c1-5-2-3-6(7(10)4-5)8(11)9-12;1-6-2-4-7(5-3-6)8(10)9-11;2*1-2/h2-4,10,12H,1H3,(H,9,11);2-5,11H,1H3,(H,9,10);2*1-2H3. The predicted molar refractivity (Wildman–Crippen MR) is 105 cm³/mol. The van der Waals surface area contributed by atoms with Gasteiger partial charge in [-0.1, -0.05) is 51.5 Å². The predicted octanol–water partition coefficient (Wildman–Crippen LogP) is 3.99. The second-order valence-electron chi connectivity index (χ2n) is 4.77. The van der Waals surface area contributed by atoms with Crippen LogP contribution >= 0.6 is 0 Å². The number of carbonyl (C=O) groups excluding carboxylic acids is 2. The minimum absolute atomic E-state index is 0.0584. The fourth-order valence-electron chi connectivity index (χ4n) is 1.66. The fraction of sp³-hybridized carbons (Fsp3) is 0.300. The maximum atomic E-state index is 10.8. The van der Waals surface area contributed by atoms with Crippen molar-refractivity contribution in [1.82, 2.24) is 11.0 Å². The van der Waals surface area contributed by atoms with Gasteiger partial charge in [-0.05, 0) is 43.7 Å². The first-order valence-corrected chi connectivity index (χ1v) is 8.64. The largest absolute Gasteiger partial charge is 0.507 e. The van der Waals surface area contributed by atoms with Crippen LogP contribution in [0.1, 0.15) is 59.5 Å². The maximum absolute atomic E-state index is 10.8. The van der Waals surface area contributed by atoms with E-state index in [4.69, 9.17) is 10.4 Å². The molecule has 0 spiro atoms. The molecular formula is C20H30N2O5. The molecule has 7 heteroatoms. The summed E-state index contributed by atoms with van der Waals surface area (Å²) in [4.78, 5) is 21.6. The van der Waals surface area contributed by atoms with E-state index in [-0.39, 0.29) is 11.3 Å². The molecule has 0 aromatic heterocycles. The van der Waals surface area contributed by atoms with Crippen molar-refractivity contribution in [3.05, 3.63) is 64.7 Å². The molecule has 0 bridgehead atoms. The quantitative estimate of drug-likeness (QED) is 0.400. The molecule has 2 aromatic rings. The van der Waals surface area contributed by atoms with Gasteiger partial charge in [-0.2, -0.15) is 0 Å². The Morgan fingerprint density at radius 1 is 0.741 bits per heavy atom. The second kappa shape index (κ2) is 15.4. The smallest absolute Gasteiger partial charge is 0.278 e. The van der Waals surface area contributed by atoms with Crippen LogP contribution in [0.5, 0.6) is 5.75 Å². The molecule has 2 rings (SSSR count). The van der Waals surface area contributed by atoms with Gasteiger partial charge in [0.05, 0.1) is 5.56 Å². The van der Waals surface area contributed by atoms with Crippen molar-refractivity contribution in [2.45, 2.75) is 41.5 Å². The normalized spacial score (nSPS) is 8.44. The molecule has 2 amide bonds. The summed E-state index contributed by atoms with van der Waals surface area (Å²) in [6, 6.07) is 11.5. The van der Waals surface area contributed by atoms with Crippen LogP contribution in [0.4, 0.5) is 0 Å². The van der Waals surface area contributed by atoms with Gasteiger partial charge in [-0.15, -0.1) is 0 Å². The Bertz CT molecular complexity index is 685. The molecular weight excluding hydrogens is 348 g/mol. The van der Waals surface area contributed by atoms with E-state index in [0.717, 1.165) is 11.1 Å². The summed E-state index contributed by atoms with van der Waals surface area (Å²) in [6.07, 6.45) is 0. The zero-order valence-electron chi connectivity index (χ0n) is 16.7. The Hall–Kier alpha value is -2.90. The zero-order valence-corrected chi connectivity index (χ0v) is 16.7. The Labute approximate surface area is 160 Å². The van der Waals surface area contributed by atoms with E-state index in [9.17, 15) is 14.7 Å². The fourth-order valence-corrected chi connectivity index (χ4v) is 1.66. The number of aromatic hydroxyl groups is 1. The lowest BCUT2D eigenvalue weighted by atomic mass is 10.1. The minimum Gasteiger partial charge on any atom is -0.507 e. The van der Waals surface area contributed by atoms with Gasteiger partial charge in [0.2, 0.25) is 0 Å². The average Bonchev–Trinajstić information content (AvgIpc) is 2.71. The molecule has 0 radical (unpaired) electrons. The Morgan fingerprint density at radius 3 is 1.59 bits per heavy atom. The van der Waals surface area contributed by atoms with Crippen molar-refractivity contribution >= 4 is 11.8 Å². The number of hydroxylamine groups is 2. The van der Waals surface area contributed by atoms with Crippen LogP contribution in [0.25, 0.3) is 0 Å². The van der Waals surface area contributed by atoms with E-state index in [1.54, 1.807) is 30.6 Å². The average molecular weight is 378 g/mol. The number of carbonyl (C=O) groups is 2. The van der Waals surface area contributed by atoms with Gasteiger partial charge in [0.15, 0.2) is 0 Å². The van der Waals surface area contributed by atoms with Crippen molar-refractivity contribution in [3.63, 3.8) is 0 Å². The van der Waals surface area contributed by atoms with Gasteiger partial charge >= 0.3 is 0 Å². The first-order valence-electron chi connectivity index (χ1n) is 8.64. The summed E-state index contributed by atoms with van der Waals surface area (Å²) < 4.78 is 0. The zero-order chi connectivity index (χ0) is 21.4. The highest BCUT2D eigenvalue weighted by Gasteiger charge is 2.08. The lowest BCUT2D eigenvalue weighted by molar-refractivity contribution is 0.0700. The van der Waals surface area contributed by atoms with Crippen LogP contribution in [0.15, 0.2) is 42.5 Å². The van der Waals surface area contributed by atoms with Gasteiger partial charge < -0.3 is 5.11 Å². The first kappa shape index (κ1) is 26.3. The molecule has 0 saturated heterocycles. The molecule has 0 saturated carbocycles. The molecule has 7 nitrogen and oxygen atoms in total. The summed E-state index contributed by atoms with van der Waals surface area (Å²) in [5.41, 5.74) is 5.45. The molecule has 0 unspecified atom stereocenters. The number of hydrogen-bond donors (Lipinski definition) is 5. The van der Waals surface area contributed by atoms with E-state index >= 15 is 0 Å². The highest BCUT2D eigenvalue weighted by molar-refractivity contribution is 5.96. The SMILES string of the molecule is CC.CC.Cc1ccc(C(=O)NO)c(O)c1.Cc1ccc(C(=O)NO)cc1. The number of rotatable bonds is 2. The molecule has 0 aliphatic heterocycles. The second-order valence-corrected chi connectivity index (χ2v) is 4.77. The molecule has 2 aromatic carbocycles. The molecule has 0 heterocycles. The van der Waals surface area contributed by atoms with Crippen LogP contribution in [-0.4, -0.2) is 27.3 Å². The third-order valence-electron chi connectivity index (χ3n) is 2.91. The van der Waals surface area contributed by atoms with Crippen molar-refractivity contribution in [2.24, 2.45) is 0 Å². The lowest BCUT2D eigenvalue weighted by Crippen LogP contribution is -2.18. The van der Waals surface area contributed by atoms with Gasteiger partial charge in [-0.3, -0.25) is 20.0 Å². The number of benzene rings is 2. The molecule has 150 valence electrons. The van der Waals surface area contributed by atoms with Crippen LogP contribution < -0.4 is 11.0 Å².